The summed E-state index contributed by atoms with van der Waals surface area (Å²) < 4.78 is 11.4. The van der Waals surface area contributed by atoms with E-state index >= 15 is 0 Å². The highest BCUT2D eigenvalue weighted by Crippen LogP contribution is 2.65. The van der Waals surface area contributed by atoms with Crippen LogP contribution in [0.3, 0.4) is 0 Å². The summed E-state index contributed by atoms with van der Waals surface area (Å²) in [6, 6.07) is 22.2. The van der Waals surface area contributed by atoms with Gasteiger partial charge < -0.3 is 9.47 Å². The van der Waals surface area contributed by atoms with E-state index in [0.29, 0.717) is 22.3 Å². The summed E-state index contributed by atoms with van der Waals surface area (Å²) in [5, 5.41) is 10.3. The molecule has 4 rings (SSSR count). The molecule has 32 heavy (non-hydrogen) atoms. The molecule has 0 aliphatic heterocycles. The van der Waals surface area contributed by atoms with Crippen molar-refractivity contribution in [2.75, 3.05) is 0 Å². The van der Waals surface area contributed by atoms with E-state index in [1.807, 2.05) is 75.4 Å². The van der Waals surface area contributed by atoms with Gasteiger partial charge in [0, 0.05) is 17.0 Å². The van der Waals surface area contributed by atoms with Crippen molar-refractivity contribution in [1.29, 1.82) is 5.26 Å². The zero-order chi connectivity index (χ0) is 22.9. The van der Waals surface area contributed by atoms with Gasteiger partial charge in [0.15, 0.2) is 0 Å². The average Bonchev–Trinajstić information content (AvgIpc) is 3.36. The first-order valence-electron chi connectivity index (χ1n) is 10.4. The molecule has 0 radical (unpaired) electrons. The van der Waals surface area contributed by atoms with Crippen molar-refractivity contribution < 1.29 is 14.3 Å². The molecule has 3 atom stereocenters. The van der Waals surface area contributed by atoms with Gasteiger partial charge >= 0.3 is 5.97 Å². The third kappa shape index (κ3) is 4.46. The number of benzene rings is 2. The van der Waals surface area contributed by atoms with Crippen molar-refractivity contribution in [3.63, 3.8) is 0 Å². The standard InChI is InChI=1S/C26H23ClN2O3/c1-16-7-13-19(14-8-16)31-22-6-4-5-20(29-22)21(15-28)32-25(30)24-23(26(24,2)3)17-9-11-18(27)12-10-17/h4-14,21,23-24H,1-3H3/t21?,23-,24+/m1/s1. The van der Waals surface area contributed by atoms with Crippen LogP contribution in [0.4, 0.5) is 0 Å². The number of nitrogens with zero attached hydrogens (tertiary/aromatic N) is 2. The zero-order valence-electron chi connectivity index (χ0n) is 18.1. The zero-order valence-corrected chi connectivity index (χ0v) is 18.8. The predicted octanol–water partition coefficient (Wildman–Crippen LogP) is 6.38. The lowest BCUT2D eigenvalue weighted by atomic mass is 10.0. The van der Waals surface area contributed by atoms with Gasteiger partial charge in [0.2, 0.25) is 12.0 Å². The molecule has 0 amide bonds. The fraction of sp³-hybridized carbons (Fsp3) is 0.269. The van der Waals surface area contributed by atoms with Crippen molar-refractivity contribution in [1.82, 2.24) is 4.98 Å². The maximum absolute atomic E-state index is 13.0. The fourth-order valence-electron chi connectivity index (χ4n) is 4.07. The first-order chi connectivity index (χ1) is 15.3. The van der Waals surface area contributed by atoms with Gasteiger partial charge in [-0.2, -0.15) is 5.26 Å². The van der Waals surface area contributed by atoms with Crippen LogP contribution < -0.4 is 4.74 Å². The quantitative estimate of drug-likeness (QED) is 0.410. The van der Waals surface area contributed by atoms with Crippen LogP contribution in [0.5, 0.6) is 11.6 Å². The van der Waals surface area contributed by atoms with Gasteiger partial charge in [-0.15, -0.1) is 0 Å². The number of carbonyl (C=O) groups excluding carboxylic acids is 1. The largest absolute Gasteiger partial charge is 0.440 e. The lowest BCUT2D eigenvalue weighted by molar-refractivity contribution is -0.149. The maximum Gasteiger partial charge on any atom is 0.311 e. The van der Waals surface area contributed by atoms with E-state index in [1.165, 1.54) is 0 Å². The molecule has 1 heterocycles. The molecule has 2 aromatic carbocycles. The van der Waals surface area contributed by atoms with Gasteiger partial charge in [-0.25, -0.2) is 4.98 Å². The van der Waals surface area contributed by atoms with Gasteiger partial charge in [-0.1, -0.05) is 61.3 Å². The van der Waals surface area contributed by atoms with E-state index in [-0.39, 0.29) is 17.3 Å². The highest BCUT2D eigenvalue weighted by molar-refractivity contribution is 6.30. The maximum atomic E-state index is 13.0. The van der Waals surface area contributed by atoms with Crippen LogP contribution in [0.1, 0.15) is 42.7 Å². The molecule has 0 saturated heterocycles. The summed E-state index contributed by atoms with van der Waals surface area (Å²) in [7, 11) is 0. The lowest BCUT2D eigenvalue weighted by Crippen LogP contribution is -2.15. The Labute approximate surface area is 192 Å². The highest BCUT2D eigenvalue weighted by atomic mass is 35.5. The second-order valence-electron chi connectivity index (χ2n) is 8.59. The summed E-state index contributed by atoms with van der Waals surface area (Å²) in [4.78, 5) is 17.3. The summed E-state index contributed by atoms with van der Waals surface area (Å²) in [5.74, 6) is 0.222. The Kier molecular flexibility index (Phi) is 5.90. The normalized spacial score (nSPS) is 19.5. The van der Waals surface area contributed by atoms with E-state index in [2.05, 4.69) is 4.98 Å². The average molecular weight is 447 g/mol. The number of nitriles is 1. The third-order valence-corrected chi connectivity index (χ3v) is 6.17. The number of hydrogen-bond acceptors (Lipinski definition) is 5. The van der Waals surface area contributed by atoms with E-state index < -0.39 is 12.1 Å². The number of aryl methyl sites for hydroxylation is 1. The Hall–Kier alpha value is -3.36. The Morgan fingerprint density at radius 3 is 2.44 bits per heavy atom. The van der Waals surface area contributed by atoms with Crippen LogP contribution in [-0.2, 0) is 9.53 Å². The fourth-order valence-corrected chi connectivity index (χ4v) is 4.20. The first kappa shape index (κ1) is 21.9. The number of carbonyl (C=O) groups is 1. The Morgan fingerprint density at radius 1 is 1.09 bits per heavy atom. The monoisotopic (exact) mass is 446 g/mol. The molecular weight excluding hydrogens is 424 g/mol. The number of aromatic nitrogens is 1. The van der Waals surface area contributed by atoms with Crippen LogP contribution in [0.25, 0.3) is 0 Å². The Morgan fingerprint density at radius 2 is 1.78 bits per heavy atom. The molecule has 6 heteroatoms. The van der Waals surface area contributed by atoms with Crippen LogP contribution in [0.2, 0.25) is 5.02 Å². The van der Waals surface area contributed by atoms with Crippen LogP contribution in [-0.4, -0.2) is 11.0 Å². The van der Waals surface area contributed by atoms with Crippen molar-refractivity contribution in [3.05, 3.63) is 88.6 Å². The van der Waals surface area contributed by atoms with Crippen LogP contribution in [0, 0.1) is 29.6 Å². The number of rotatable bonds is 6. The van der Waals surface area contributed by atoms with Gasteiger partial charge in [0.25, 0.3) is 0 Å². The van der Waals surface area contributed by atoms with Gasteiger partial charge in [0.05, 0.1) is 11.6 Å². The minimum atomic E-state index is -1.12. The van der Waals surface area contributed by atoms with E-state index in [4.69, 9.17) is 21.1 Å². The summed E-state index contributed by atoms with van der Waals surface area (Å²) in [6.45, 7) is 6.04. The molecule has 162 valence electrons. The summed E-state index contributed by atoms with van der Waals surface area (Å²) >= 11 is 5.99. The second kappa shape index (κ2) is 8.64. The molecule has 0 spiro atoms. The second-order valence-corrected chi connectivity index (χ2v) is 9.03. The highest BCUT2D eigenvalue weighted by Gasteiger charge is 2.63. The summed E-state index contributed by atoms with van der Waals surface area (Å²) in [6.07, 6.45) is -1.12. The number of esters is 1. The molecule has 1 saturated carbocycles. The van der Waals surface area contributed by atoms with Crippen LogP contribution >= 0.6 is 11.6 Å². The SMILES string of the molecule is Cc1ccc(Oc2cccc(C(C#N)OC(=O)[C@@H]3[C@@H](c4ccc(Cl)cc4)C3(C)C)n2)cc1. The van der Waals surface area contributed by atoms with Gasteiger partial charge in [0.1, 0.15) is 11.8 Å². The van der Waals surface area contributed by atoms with Crippen LogP contribution in [0.15, 0.2) is 66.7 Å². The summed E-state index contributed by atoms with van der Waals surface area (Å²) in [5.41, 5.74) is 2.21. The predicted molar refractivity (Wildman–Crippen MR) is 121 cm³/mol. The van der Waals surface area contributed by atoms with Crippen molar-refractivity contribution in [2.45, 2.75) is 32.8 Å². The molecule has 0 N–H and O–H groups in total. The number of ether oxygens (including phenoxy) is 2. The van der Waals surface area contributed by atoms with Crippen molar-refractivity contribution >= 4 is 17.6 Å². The Bertz CT molecular complexity index is 1170. The molecule has 3 aromatic rings. The first-order valence-corrected chi connectivity index (χ1v) is 10.7. The molecule has 1 aliphatic carbocycles. The molecule has 5 nitrogen and oxygen atoms in total. The number of hydrogen-bond donors (Lipinski definition) is 0. The molecule has 1 aromatic heterocycles. The smallest absolute Gasteiger partial charge is 0.311 e. The number of halogens is 1. The topological polar surface area (TPSA) is 72.2 Å². The van der Waals surface area contributed by atoms with E-state index in [9.17, 15) is 10.1 Å². The van der Waals surface area contributed by atoms with E-state index in [0.717, 1.165) is 11.1 Å². The lowest BCUT2D eigenvalue weighted by Gasteiger charge is -2.12. The Balaban J connectivity index is 1.47. The van der Waals surface area contributed by atoms with E-state index in [1.54, 1.807) is 18.2 Å². The molecule has 1 aliphatic rings. The minimum absolute atomic E-state index is 0.00998. The molecule has 0 bridgehead atoms. The molecular formula is C26H23ClN2O3. The van der Waals surface area contributed by atoms with Crippen molar-refractivity contribution in [3.8, 4) is 17.7 Å². The van der Waals surface area contributed by atoms with Gasteiger partial charge in [-0.3, -0.25) is 4.79 Å². The third-order valence-electron chi connectivity index (χ3n) is 5.92. The van der Waals surface area contributed by atoms with Gasteiger partial charge in [-0.05, 0) is 48.2 Å². The van der Waals surface area contributed by atoms with Crippen molar-refractivity contribution in [2.24, 2.45) is 11.3 Å². The molecule has 1 unspecified atom stereocenters. The minimum Gasteiger partial charge on any atom is -0.440 e. The molecule has 1 fully saturated rings. The number of pyridine rings is 1.